The molecule has 0 aliphatic carbocycles. The molecular weight excluding hydrogens is 254 g/mol. The van der Waals surface area contributed by atoms with Crippen molar-refractivity contribution in [3.63, 3.8) is 0 Å². The number of amides is 1. The van der Waals surface area contributed by atoms with Gasteiger partial charge in [-0.25, -0.2) is 4.98 Å². The molecule has 2 aromatic rings. The van der Waals surface area contributed by atoms with Crippen molar-refractivity contribution < 1.29 is 9.90 Å². The molecule has 2 atom stereocenters. The van der Waals surface area contributed by atoms with Crippen molar-refractivity contribution in [3.05, 3.63) is 42.1 Å². The SMILES string of the molecule is O=C(NCC1CNCC1O)c1ccc2ccccc2n1. The molecule has 1 amide bonds. The molecule has 3 N–H and O–H groups in total. The number of aliphatic hydroxyl groups is 1. The van der Waals surface area contributed by atoms with Gasteiger partial charge in [-0.3, -0.25) is 4.79 Å². The molecule has 5 heteroatoms. The fraction of sp³-hybridized carbons (Fsp3) is 0.333. The zero-order chi connectivity index (χ0) is 13.9. The molecule has 0 spiro atoms. The smallest absolute Gasteiger partial charge is 0.269 e. The molecule has 1 saturated heterocycles. The highest BCUT2D eigenvalue weighted by Gasteiger charge is 2.25. The number of aromatic nitrogens is 1. The Labute approximate surface area is 117 Å². The third-order valence-electron chi connectivity index (χ3n) is 3.66. The van der Waals surface area contributed by atoms with E-state index in [2.05, 4.69) is 15.6 Å². The summed E-state index contributed by atoms with van der Waals surface area (Å²) in [4.78, 5) is 16.4. The Morgan fingerprint density at radius 2 is 2.15 bits per heavy atom. The largest absolute Gasteiger partial charge is 0.391 e. The summed E-state index contributed by atoms with van der Waals surface area (Å²) in [6, 6.07) is 11.3. The fourth-order valence-electron chi connectivity index (χ4n) is 2.43. The summed E-state index contributed by atoms with van der Waals surface area (Å²) in [7, 11) is 0. The number of pyridine rings is 1. The lowest BCUT2D eigenvalue weighted by atomic mass is 10.1. The maximum atomic E-state index is 12.1. The highest BCUT2D eigenvalue weighted by atomic mass is 16.3. The molecule has 1 aromatic carbocycles. The summed E-state index contributed by atoms with van der Waals surface area (Å²) in [5.41, 5.74) is 1.21. The number of benzene rings is 1. The predicted molar refractivity (Wildman–Crippen MR) is 76.4 cm³/mol. The molecule has 2 heterocycles. The van der Waals surface area contributed by atoms with Gasteiger partial charge >= 0.3 is 0 Å². The standard InChI is InChI=1S/C15H17N3O2/c19-14-9-16-7-11(14)8-17-15(20)13-6-5-10-3-1-2-4-12(10)18-13/h1-6,11,14,16,19H,7-9H2,(H,17,20). The van der Waals surface area contributed by atoms with Crippen molar-refractivity contribution in [2.24, 2.45) is 5.92 Å². The topological polar surface area (TPSA) is 74.2 Å². The Bertz CT molecular complexity index is 629. The van der Waals surface area contributed by atoms with Crippen molar-refractivity contribution in [1.29, 1.82) is 0 Å². The van der Waals surface area contributed by atoms with Crippen molar-refractivity contribution in [1.82, 2.24) is 15.6 Å². The Balaban J connectivity index is 1.69. The fourth-order valence-corrected chi connectivity index (χ4v) is 2.43. The summed E-state index contributed by atoms with van der Waals surface area (Å²) in [5, 5.41) is 16.6. The van der Waals surface area contributed by atoms with Crippen LogP contribution in [0.4, 0.5) is 0 Å². The summed E-state index contributed by atoms with van der Waals surface area (Å²) < 4.78 is 0. The van der Waals surface area contributed by atoms with Crippen LogP contribution in [0.2, 0.25) is 0 Å². The predicted octanol–water partition coefficient (Wildman–Crippen LogP) is 0.545. The lowest BCUT2D eigenvalue weighted by molar-refractivity contribution is 0.0922. The molecule has 2 unspecified atom stereocenters. The van der Waals surface area contributed by atoms with E-state index in [4.69, 9.17) is 0 Å². The van der Waals surface area contributed by atoms with E-state index in [1.807, 2.05) is 30.3 Å². The highest BCUT2D eigenvalue weighted by Crippen LogP contribution is 2.12. The average Bonchev–Trinajstić information content (AvgIpc) is 2.89. The third kappa shape index (κ3) is 2.64. The number of carbonyl (C=O) groups excluding carboxylic acids is 1. The van der Waals surface area contributed by atoms with E-state index >= 15 is 0 Å². The molecular formula is C15H17N3O2. The Morgan fingerprint density at radius 3 is 2.95 bits per heavy atom. The van der Waals surface area contributed by atoms with Crippen molar-refractivity contribution >= 4 is 16.8 Å². The Morgan fingerprint density at radius 1 is 1.30 bits per heavy atom. The van der Waals surface area contributed by atoms with E-state index in [-0.39, 0.29) is 17.9 Å². The first-order valence-electron chi connectivity index (χ1n) is 6.77. The van der Waals surface area contributed by atoms with Crippen molar-refractivity contribution in [2.75, 3.05) is 19.6 Å². The summed E-state index contributed by atoms with van der Waals surface area (Å²) in [6.45, 7) is 1.78. The molecule has 3 rings (SSSR count). The Kier molecular flexibility index (Phi) is 3.62. The van der Waals surface area contributed by atoms with Crippen LogP contribution in [-0.4, -0.2) is 41.7 Å². The molecule has 0 radical (unpaired) electrons. The van der Waals surface area contributed by atoms with Gasteiger partial charge in [-0.15, -0.1) is 0 Å². The van der Waals surface area contributed by atoms with E-state index < -0.39 is 0 Å². The lowest BCUT2D eigenvalue weighted by Gasteiger charge is -2.13. The molecule has 1 fully saturated rings. The zero-order valence-electron chi connectivity index (χ0n) is 11.0. The van der Waals surface area contributed by atoms with Crippen LogP contribution in [0, 0.1) is 5.92 Å². The van der Waals surface area contributed by atoms with E-state index in [0.717, 1.165) is 17.4 Å². The number of nitrogens with zero attached hydrogens (tertiary/aromatic N) is 1. The number of hydrogen-bond acceptors (Lipinski definition) is 4. The number of carbonyl (C=O) groups is 1. The van der Waals surface area contributed by atoms with E-state index in [0.29, 0.717) is 18.8 Å². The average molecular weight is 271 g/mol. The van der Waals surface area contributed by atoms with Gasteiger partial charge in [0.1, 0.15) is 5.69 Å². The van der Waals surface area contributed by atoms with Gasteiger partial charge in [-0.1, -0.05) is 24.3 Å². The molecule has 104 valence electrons. The minimum absolute atomic E-state index is 0.0689. The van der Waals surface area contributed by atoms with Crippen molar-refractivity contribution in [3.8, 4) is 0 Å². The van der Waals surface area contributed by atoms with Crippen LogP contribution < -0.4 is 10.6 Å². The molecule has 0 bridgehead atoms. The number of nitrogens with one attached hydrogen (secondary N) is 2. The second-order valence-electron chi connectivity index (χ2n) is 5.08. The second-order valence-corrected chi connectivity index (χ2v) is 5.08. The van der Waals surface area contributed by atoms with Gasteiger partial charge in [-0.05, 0) is 12.1 Å². The van der Waals surface area contributed by atoms with Gasteiger partial charge in [0.15, 0.2) is 0 Å². The highest BCUT2D eigenvalue weighted by molar-refractivity contribution is 5.94. The van der Waals surface area contributed by atoms with E-state index in [1.54, 1.807) is 6.07 Å². The number of fused-ring (bicyclic) bond motifs is 1. The van der Waals surface area contributed by atoms with Gasteiger partial charge in [0, 0.05) is 30.9 Å². The van der Waals surface area contributed by atoms with Crippen LogP contribution in [0.25, 0.3) is 10.9 Å². The maximum absolute atomic E-state index is 12.1. The number of para-hydroxylation sites is 1. The van der Waals surface area contributed by atoms with E-state index in [9.17, 15) is 9.90 Å². The molecule has 0 saturated carbocycles. The number of β-amino-alcohol motifs (C(OH)–C–C–N with tert-alkyl or cyclic N) is 1. The monoisotopic (exact) mass is 271 g/mol. The number of rotatable bonds is 3. The van der Waals surface area contributed by atoms with Crippen LogP contribution in [0.3, 0.4) is 0 Å². The van der Waals surface area contributed by atoms with Crippen LogP contribution >= 0.6 is 0 Å². The lowest BCUT2D eigenvalue weighted by Crippen LogP contribution is -2.34. The quantitative estimate of drug-likeness (QED) is 0.762. The Hall–Kier alpha value is -1.98. The minimum atomic E-state index is -0.389. The van der Waals surface area contributed by atoms with Crippen LogP contribution in [-0.2, 0) is 0 Å². The van der Waals surface area contributed by atoms with Crippen LogP contribution in [0.5, 0.6) is 0 Å². The van der Waals surface area contributed by atoms with Gasteiger partial charge in [0.2, 0.25) is 0 Å². The van der Waals surface area contributed by atoms with Gasteiger partial charge in [0.25, 0.3) is 5.91 Å². The zero-order valence-corrected chi connectivity index (χ0v) is 11.0. The number of aliphatic hydroxyl groups excluding tert-OH is 1. The van der Waals surface area contributed by atoms with Crippen LogP contribution in [0.15, 0.2) is 36.4 Å². The maximum Gasteiger partial charge on any atom is 0.269 e. The first kappa shape index (κ1) is 13.0. The summed E-state index contributed by atoms with van der Waals surface area (Å²) in [5.74, 6) is -0.130. The van der Waals surface area contributed by atoms with Crippen LogP contribution in [0.1, 0.15) is 10.5 Å². The molecule has 5 nitrogen and oxygen atoms in total. The molecule has 1 aliphatic rings. The normalized spacial score (nSPS) is 22.1. The second kappa shape index (κ2) is 5.56. The minimum Gasteiger partial charge on any atom is -0.391 e. The van der Waals surface area contributed by atoms with Gasteiger partial charge in [-0.2, -0.15) is 0 Å². The van der Waals surface area contributed by atoms with Gasteiger partial charge in [0.05, 0.1) is 11.6 Å². The summed E-state index contributed by atoms with van der Waals surface area (Å²) in [6.07, 6.45) is -0.389. The number of hydrogen-bond donors (Lipinski definition) is 3. The van der Waals surface area contributed by atoms with Gasteiger partial charge < -0.3 is 15.7 Å². The first-order chi connectivity index (χ1) is 9.74. The van der Waals surface area contributed by atoms with Crippen molar-refractivity contribution in [2.45, 2.75) is 6.10 Å². The molecule has 20 heavy (non-hydrogen) atoms. The van der Waals surface area contributed by atoms with E-state index in [1.165, 1.54) is 0 Å². The first-order valence-corrected chi connectivity index (χ1v) is 6.77. The molecule has 1 aromatic heterocycles. The third-order valence-corrected chi connectivity index (χ3v) is 3.66. The summed E-state index contributed by atoms with van der Waals surface area (Å²) >= 11 is 0. The molecule has 1 aliphatic heterocycles.